The number of nitrogens with one attached hydrogen (secondary N) is 2. The van der Waals surface area contributed by atoms with Gasteiger partial charge in [0.15, 0.2) is 16.8 Å². The van der Waals surface area contributed by atoms with Crippen LogP contribution in [0.3, 0.4) is 0 Å². The average molecular weight is 608 g/mol. The van der Waals surface area contributed by atoms with E-state index in [2.05, 4.69) is 15.0 Å². The zero-order valence-electron chi connectivity index (χ0n) is 19.7. The third-order valence-corrected chi connectivity index (χ3v) is 8.09. The summed E-state index contributed by atoms with van der Waals surface area (Å²) in [5.74, 6) is -1.15. The first-order valence-electron chi connectivity index (χ1n) is 11.5. The maximum absolute atomic E-state index is 13.6. The topological polar surface area (TPSA) is 225 Å². The summed E-state index contributed by atoms with van der Waals surface area (Å²) in [5.41, 5.74) is 4.47. The van der Waals surface area contributed by atoms with Crippen LogP contribution < -0.4 is 17.0 Å². The molecule has 3 aromatic heterocycles. The first-order chi connectivity index (χ1) is 18.4. The second-order valence-corrected chi connectivity index (χ2v) is 12.0. The number of H-pyrrole nitrogens is 2. The van der Waals surface area contributed by atoms with Crippen molar-refractivity contribution in [2.75, 3.05) is 18.9 Å². The summed E-state index contributed by atoms with van der Waals surface area (Å²) in [7, 11) is 0. The van der Waals surface area contributed by atoms with Crippen LogP contribution >= 0.6 is 18.9 Å². The van der Waals surface area contributed by atoms with E-state index in [9.17, 15) is 29.1 Å². The molecule has 39 heavy (non-hydrogen) atoms. The van der Waals surface area contributed by atoms with Gasteiger partial charge in [0, 0.05) is 0 Å². The summed E-state index contributed by atoms with van der Waals surface area (Å²) in [5, 5.41) is 20.6. The van der Waals surface area contributed by atoms with E-state index in [4.69, 9.17) is 48.3 Å². The van der Waals surface area contributed by atoms with Gasteiger partial charge in [0.05, 0.1) is 31.8 Å². The highest BCUT2D eigenvalue weighted by molar-refractivity contribution is 8.07. The number of aromatic nitrogens is 6. The summed E-state index contributed by atoms with van der Waals surface area (Å²) in [6, 6.07) is 0. The molecule has 1 unspecified atom stereocenters. The predicted molar refractivity (Wildman–Crippen MR) is 136 cm³/mol. The standard InChI is InChI=1S/C19H23FN7O9PS2/c20-8-3-26(19(31)24-15(8)30)17-13(29)12(28)9(36-17)5-34-37(32,39)33-4-7-1-2-10(35-7)27-6-22-11-14(27)23-18(21)25-16(11)38/h3,6-7,9-10,12-13,17,28-29H,1-2,4-5H2,(H,32,39)(H,24,30,31)(H3,21,23,25,38)/t7-,9+,10+,12-,13-,17+,37?/m0/s1. The molecule has 0 amide bonds. The van der Waals surface area contributed by atoms with Gasteiger partial charge in [0.2, 0.25) is 5.82 Å². The summed E-state index contributed by atoms with van der Waals surface area (Å²) < 4.78 is 38.3. The van der Waals surface area contributed by atoms with E-state index >= 15 is 0 Å². The molecule has 2 saturated heterocycles. The van der Waals surface area contributed by atoms with Crippen molar-refractivity contribution >= 4 is 47.9 Å². The van der Waals surface area contributed by atoms with Gasteiger partial charge in [-0.2, -0.15) is 4.39 Å². The molecule has 2 aliphatic rings. The van der Waals surface area contributed by atoms with Crippen molar-refractivity contribution in [3.63, 3.8) is 0 Å². The van der Waals surface area contributed by atoms with Gasteiger partial charge in [0.1, 0.15) is 35.7 Å². The normalized spacial score (nSPS) is 28.7. The number of aliphatic hydroxyl groups excluding tert-OH is 2. The summed E-state index contributed by atoms with van der Waals surface area (Å²) in [6.07, 6.45) is -3.69. The van der Waals surface area contributed by atoms with Crippen LogP contribution in [0.1, 0.15) is 25.3 Å². The van der Waals surface area contributed by atoms with Gasteiger partial charge in [-0.1, -0.05) is 12.2 Å². The number of imidazole rings is 1. The van der Waals surface area contributed by atoms with Crippen molar-refractivity contribution < 1.29 is 38.0 Å². The fourth-order valence-corrected chi connectivity index (χ4v) is 5.69. The second kappa shape index (κ2) is 10.8. The summed E-state index contributed by atoms with van der Waals surface area (Å²) in [6.45, 7) is -4.48. The molecule has 5 heterocycles. The molecule has 212 valence electrons. The van der Waals surface area contributed by atoms with Gasteiger partial charge in [0.25, 0.3) is 5.56 Å². The number of nitrogens with two attached hydrogens (primary N) is 1. The van der Waals surface area contributed by atoms with Crippen molar-refractivity contribution in [1.29, 1.82) is 0 Å². The second-order valence-electron chi connectivity index (χ2n) is 8.82. The molecule has 0 aromatic carbocycles. The van der Waals surface area contributed by atoms with Gasteiger partial charge < -0.3 is 44.3 Å². The first-order valence-corrected chi connectivity index (χ1v) is 14.5. The molecule has 0 radical (unpaired) electrons. The van der Waals surface area contributed by atoms with Crippen molar-refractivity contribution in [3.8, 4) is 0 Å². The van der Waals surface area contributed by atoms with E-state index in [1.54, 1.807) is 15.9 Å². The Balaban J connectivity index is 1.16. The SMILES string of the molecule is Nc1nc(=S)c2ncn([C@H]3CC[C@@H](COP(O)(=S)OC[C@H]4O[C@@H](n5cc(F)c(=O)[nH]c5=O)[C@@H](O)[C@H]4O)O3)c2[nH]1. The van der Waals surface area contributed by atoms with E-state index in [1.165, 1.54) is 0 Å². The van der Waals surface area contributed by atoms with Gasteiger partial charge in [-0.15, -0.1) is 0 Å². The maximum Gasteiger partial charge on any atom is 0.330 e. The molecule has 2 fully saturated rings. The number of nitrogens with zero attached hydrogens (tertiary/aromatic N) is 4. The Labute approximate surface area is 227 Å². The Morgan fingerprint density at radius 1 is 1.18 bits per heavy atom. The molecule has 5 rings (SSSR count). The number of hydrogen-bond acceptors (Lipinski definition) is 13. The molecule has 0 saturated carbocycles. The molecule has 20 heteroatoms. The van der Waals surface area contributed by atoms with Crippen molar-refractivity contribution in [1.82, 2.24) is 29.1 Å². The highest BCUT2D eigenvalue weighted by Gasteiger charge is 2.45. The van der Waals surface area contributed by atoms with E-state index < -0.39 is 67.3 Å². The molecule has 0 spiro atoms. The molecule has 3 aromatic rings. The maximum atomic E-state index is 13.6. The Morgan fingerprint density at radius 3 is 2.69 bits per heavy atom. The third kappa shape index (κ3) is 5.73. The molecule has 0 bridgehead atoms. The number of ether oxygens (including phenoxy) is 2. The van der Waals surface area contributed by atoms with Gasteiger partial charge in [-0.3, -0.25) is 18.9 Å². The molecular weight excluding hydrogens is 584 g/mol. The molecule has 2 aliphatic heterocycles. The van der Waals surface area contributed by atoms with Crippen LogP contribution in [0.25, 0.3) is 11.2 Å². The van der Waals surface area contributed by atoms with E-state index in [1.807, 2.05) is 0 Å². The van der Waals surface area contributed by atoms with Crippen LogP contribution in [-0.4, -0.2) is 81.8 Å². The first kappa shape index (κ1) is 28.1. The number of aliphatic hydroxyl groups is 2. The van der Waals surface area contributed by atoms with Crippen LogP contribution in [0.5, 0.6) is 0 Å². The van der Waals surface area contributed by atoms with Crippen LogP contribution in [0.4, 0.5) is 10.3 Å². The zero-order chi connectivity index (χ0) is 28.1. The Kier molecular flexibility index (Phi) is 7.81. The molecular formula is C19H23FN7O9PS2. The van der Waals surface area contributed by atoms with Gasteiger partial charge in [-0.25, -0.2) is 14.8 Å². The van der Waals surface area contributed by atoms with Gasteiger partial charge >= 0.3 is 12.4 Å². The highest BCUT2D eigenvalue weighted by Crippen LogP contribution is 2.46. The largest absolute Gasteiger partial charge is 0.387 e. The number of hydrogen-bond donors (Lipinski definition) is 6. The Bertz CT molecular complexity index is 1610. The average Bonchev–Trinajstić information content (AvgIpc) is 3.58. The lowest BCUT2D eigenvalue weighted by Gasteiger charge is -2.21. The Morgan fingerprint density at radius 2 is 1.92 bits per heavy atom. The number of halogens is 1. The fourth-order valence-electron chi connectivity index (χ4n) is 4.31. The van der Waals surface area contributed by atoms with Crippen molar-refractivity contribution in [2.45, 2.75) is 49.7 Å². The minimum Gasteiger partial charge on any atom is -0.387 e. The van der Waals surface area contributed by atoms with E-state index in [-0.39, 0.29) is 17.2 Å². The fraction of sp³-hybridized carbons (Fsp3) is 0.526. The number of rotatable bonds is 8. The molecule has 0 aliphatic carbocycles. The lowest BCUT2D eigenvalue weighted by Crippen LogP contribution is -2.38. The third-order valence-electron chi connectivity index (χ3n) is 6.22. The Hall–Kier alpha value is -2.45. The number of aromatic amines is 2. The highest BCUT2D eigenvalue weighted by atomic mass is 32.5. The molecule has 7 N–H and O–H groups in total. The minimum absolute atomic E-state index is 0.109. The quantitative estimate of drug-likeness (QED) is 0.138. The summed E-state index contributed by atoms with van der Waals surface area (Å²) in [4.78, 5) is 46.6. The van der Waals surface area contributed by atoms with E-state index in [0.717, 1.165) is 0 Å². The van der Waals surface area contributed by atoms with Crippen LogP contribution in [-0.2, 0) is 30.3 Å². The number of anilines is 1. The molecule has 7 atom stereocenters. The van der Waals surface area contributed by atoms with Gasteiger partial charge in [-0.05, 0) is 24.6 Å². The monoisotopic (exact) mass is 607 g/mol. The van der Waals surface area contributed by atoms with Crippen molar-refractivity contribution in [2.24, 2.45) is 0 Å². The van der Waals surface area contributed by atoms with Crippen LogP contribution in [0, 0.1) is 10.5 Å². The van der Waals surface area contributed by atoms with Crippen LogP contribution in [0.15, 0.2) is 22.1 Å². The summed E-state index contributed by atoms with van der Waals surface area (Å²) >= 11 is 10.2. The predicted octanol–water partition coefficient (Wildman–Crippen LogP) is -0.693. The van der Waals surface area contributed by atoms with Crippen LogP contribution in [0.2, 0.25) is 0 Å². The smallest absolute Gasteiger partial charge is 0.330 e. The van der Waals surface area contributed by atoms with Crippen molar-refractivity contribution in [3.05, 3.63) is 43.8 Å². The minimum atomic E-state index is -3.85. The lowest BCUT2D eigenvalue weighted by molar-refractivity contribution is -0.0554. The number of nitrogen functional groups attached to an aromatic ring is 1. The lowest BCUT2D eigenvalue weighted by atomic mass is 10.1. The number of fused-ring (bicyclic) bond motifs is 1. The van der Waals surface area contributed by atoms with E-state index in [0.29, 0.717) is 34.8 Å². The zero-order valence-corrected chi connectivity index (χ0v) is 22.3. The molecule has 16 nitrogen and oxygen atoms in total.